The lowest BCUT2D eigenvalue weighted by molar-refractivity contribution is 0.0739. The van der Waals surface area contributed by atoms with Gasteiger partial charge in [-0.3, -0.25) is 9.52 Å². The summed E-state index contributed by atoms with van der Waals surface area (Å²) in [4.78, 5) is 25.6. The molecule has 5 aromatic rings. The number of anilines is 1. The highest BCUT2D eigenvalue weighted by Gasteiger charge is 2.19. The molecule has 41 heavy (non-hydrogen) atoms. The van der Waals surface area contributed by atoms with Gasteiger partial charge in [0, 0.05) is 21.3 Å². The van der Waals surface area contributed by atoms with E-state index in [0.717, 1.165) is 15.6 Å². The average molecular weight is 604 g/mol. The summed E-state index contributed by atoms with van der Waals surface area (Å²) in [7, 11) is -3.75. The van der Waals surface area contributed by atoms with Crippen molar-refractivity contribution in [1.82, 2.24) is 5.43 Å². The fourth-order valence-electron chi connectivity index (χ4n) is 3.77. The molecule has 4 aromatic carbocycles. The number of fused-ring (bicyclic) bond motifs is 1. The van der Waals surface area contributed by atoms with E-state index in [1.54, 1.807) is 36.4 Å². The Morgan fingerprint density at radius 3 is 2.27 bits per heavy atom. The van der Waals surface area contributed by atoms with Crippen LogP contribution in [-0.4, -0.2) is 26.5 Å². The molecule has 0 saturated heterocycles. The number of ether oxygens (including phenoxy) is 1. The Hall–Kier alpha value is -4.51. The molecule has 0 aliphatic carbocycles. The molecule has 0 bridgehead atoms. The molecule has 11 heteroatoms. The van der Waals surface area contributed by atoms with Crippen LogP contribution in [0.2, 0.25) is 5.02 Å². The predicted octanol–water partition coefficient (Wildman–Crippen LogP) is 6.65. The first-order chi connectivity index (χ1) is 19.7. The Bertz CT molecular complexity index is 1870. The predicted molar refractivity (Wildman–Crippen MR) is 162 cm³/mol. The lowest BCUT2D eigenvalue weighted by Gasteiger charge is -2.09. The van der Waals surface area contributed by atoms with E-state index in [1.165, 1.54) is 53.9 Å². The molecule has 0 aliphatic heterocycles. The normalized spacial score (nSPS) is 11.5. The van der Waals surface area contributed by atoms with E-state index in [2.05, 4.69) is 15.2 Å². The number of benzene rings is 4. The van der Waals surface area contributed by atoms with Crippen molar-refractivity contribution in [3.05, 3.63) is 124 Å². The van der Waals surface area contributed by atoms with Crippen LogP contribution in [0.15, 0.2) is 107 Å². The summed E-state index contributed by atoms with van der Waals surface area (Å²) in [5.41, 5.74) is 4.65. The standard InChI is InChI=1S/C30H22ClN3O5S2/c1-19-6-16-24(17-7-19)41(37,38)34-22-12-10-21(11-13-22)29(35)33-32-18-20-8-14-23(15-9-20)39-30(36)28-27(31)25-4-2-3-5-26(25)40-28/h2-18,34H,1H3,(H,33,35)/b32-18-. The van der Waals surface area contributed by atoms with Gasteiger partial charge in [0.25, 0.3) is 15.9 Å². The molecule has 1 heterocycles. The smallest absolute Gasteiger partial charge is 0.355 e. The monoisotopic (exact) mass is 603 g/mol. The Morgan fingerprint density at radius 1 is 0.902 bits per heavy atom. The first kappa shape index (κ1) is 28.0. The third kappa shape index (κ3) is 6.63. The Morgan fingerprint density at radius 2 is 1.59 bits per heavy atom. The van der Waals surface area contributed by atoms with Crippen LogP contribution >= 0.6 is 22.9 Å². The lowest BCUT2D eigenvalue weighted by atomic mass is 10.2. The van der Waals surface area contributed by atoms with Gasteiger partial charge >= 0.3 is 5.97 Å². The summed E-state index contributed by atoms with van der Waals surface area (Å²) in [6.07, 6.45) is 1.44. The molecular formula is C30H22ClN3O5S2. The van der Waals surface area contributed by atoms with Crippen molar-refractivity contribution < 1.29 is 22.7 Å². The number of carbonyl (C=O) groups excluding carboxylic acids is 2. The van der Waals surface area contributed by atoms with Crippen molar-refractivity contribution in [2.45, 2.75) is 11.8 Å². The van der Waals surface area contributed by atoms with Crippen molar-refractivity contribution in [2.24, 2.45) is 5.10 Å². The number of hydrogen-bond acceptors (Lipinski definition) is 7. The van der Waals surface area contributed by atoms with Gasteiger partial charge in [0.05, 0.1) is 16.1 Å². The Labute approximate surface area is 245 Å². The molecule has 0 spiro atoms. The van der Waals surface area contributed by atoms with Crippen LogP contribution in [-0.2, 0) is 10.0 Å². The molecule has 8 nitrogen and oxygen atoms in total. The van der Waals surface area contributed by atoms with Crippen LogP contribution in [0.3, 0.4) is 0 Å². The van der Waals surface area contributed by atoms with E-state index in [4.69, 9.17) is 16.3 Å². The molecule has 0 saturated carbocycles. The summed E-state index contributed by atoms with van der Waals surface area (Å²) in [5, 5.41) is 5.13. The number of aryl methyl sites for hydroxylation is 1. The van der Waals surface area contributed by atoms with Crippen molar-refractivity contribution >= 4 is 66.8 Å². The van der Waals surface area contributed by atoms with Gasteiger partial charge in [0.15, 0.2) is 0 Å². The van der Waals surface area contributed by atoms with Gasteiger partial charge in [0.2, 0.25) is 0 Å². The van der Waals surface area contributed by atoms with Gasteiger partial charge in [0.1, 0.15) is 10.6 Å². The number of rotatable bonds is 8. The number of carbonyl (C=O) groups is 2. The fourth-order valence-corrected chi connectivity index (χ4v) is 6.22. The second kappa shape index (κ2) is 11.9. The van der Waals surface area contributed by atoms with Crippen LogP contribution < -0.4 is 14.9 Å². The number of amides is 1. The molecule has 0 unspecified atom stereocenters. The zero-order chi connectivity index (χ0) is 29.0. The summed E-state index contributed by atoms with van der Waals surface area (Å²) in [6.45, 7) is 1.87. The largest absolute Gasteiger partial charge is 0.422 e. The number of nitrogens with one attached hydrogen (secondary N) is 2. The van der Waals surface area contributed by atoms with E-state index >= 15 is 0 Å². The van der Waals surface area contributed by atoms with Crippen LogP contribution in [0.4, 0.5) is 5.69 Å². The maximum Gasteiger partial charge on any atom is 0.355 e. The van der Waals surface area contributed by atoms with Crippen molar-refractivity contribution in [3.63, 3.8) is 0 Å². The third-order valence-electron chi connectivity index (χ3n) is 5.92. The fraction of sp³-hybridized carbons (Fsp3) is 0.0333. The zero-order valence-corrected chi connectivity index (χ0v) is 23.9. The molecule has 1 amide bonds. The highest BCUT2D eigenvalue weighted by Crippen LogP contribution is 2.35. The van der Waals surface area contributed by atoms with Gasteiger partial charge in [-0.25, -0.2) is 18.6 Å². The van der Waals surface area contributed by atoms with E-state index in [0.29, 0.717) is 32.5 Å². The molecule has 0 atom stereocenters. The average Bonchev–Trinajstić information content (AvgIpc) is 3.31. The molecule has 1 aromatic heterocycles. The first-order valence-corrected chi connectivity index (χ1v) is 14.9. The maximum atomic E-state index is 12.6. The molecule has 5 rings (SSSR count). The maximum absolute atomic E-state index is 12.6. The van der Waals surface area contributed by atoms with Crippen molar-refractivity contribution in [3.8, 4) is 5.75 Å². The minimum absolute atomic E-state index is 0.144. The summed E-state index contributed by atoms with van der Waals surface area (Å²) < 4.78 is 34.0. The minimum Gasteiger partial charge on any atom is -0.422 e. The van der Waals surface area contributed by atoms with Crippen LogP contribution in [0.25, 0.3) is 10.1 Å². The highest BCUT2D eigenvalue weighted by molar-refractivity contribution is 7.92. The van der Waals surface area contributed by atoms with Gasteiger partial charge in [-0.05, 0) is 79.2 Å². The van der Waals surface area contributed by atoms with Crippen LogP contribution in [0.1, 0.15) is 31.2 Å². The van der Waals surface area contributed by atoms with E-state index in [1.807, 2.05) is 31.2 Å². The Balaban J connectivity index is 1.15. The quantitative estimate of drug-likeness (QED) is 0.0892. The first-order valence-electron chi connectivity index (χ1n) is 12.2. The number of halogens is 1. The molecule has 0 aliphatic rings. The molecule has 0 radical (unpaired) electrons. The Kier molecular flexibility index (Phi) is 8.16. The number of thiophene rings is 1. The third-order valence-corrected chi connectivity index (χ3v) is 8.97. The second-order valence-electron chi connectivity index (χ2n) is 8.89. The highest BCUT2D eigenvalue weighted by atomic mass is 35.5. The topological polar surface area (TPSA) is 114 Å². The number of sulfonamides is 1. The number of nitrogens with zero attached hydrogens (tertiary/aromatic N) is 1. The van der Waals surface area contributed by atoms with E-state index in [9.17, 15) is 18.0 Å². The van der Waals surface area contributed by atoms with Gasteiger partial charge in [-0.1, -0.05) is 47.5 Å². The van der Waals surface area contributed by atoms with Crippen LogP contribution in [0, 0.1) is 6.92 Å². The molecule has 2 N–H and O–H groups in total. The van der Waals surface area contributed by atoms with Gasteiger partial charge in [-0.15, -0.1) is 11.3 Å². The van der Waals surface area contributed by atoms with Gasteiger partial charge in [-0.2, -0.15) is 5.10 Å². The number of hydrogen-bond donors (Lipinski definition) is 2. The lowest BCUT2D eigenvalue weighted by Crippen LogP contribution is -2.18. The minimum atomic E-state index is -3.75. The van der Waals surface area contributed by atoms with Crippen molar-refractivity contribution in [2.75, 3.05) is 4.72 Å². The zero-order valence-electron chi connectivity index (χ0n) is 21.5. The SMILES string of the molecule is Cc1ccc(S(=O)(=O)Nc2ccc(C(=O)N/N=C\c3ccc(OC(=O)c4sc5ccccc5c4Cl)cc3)cc2)cc1. The van der Waals surface area contributed by atoms with Gasteiger partial charge < -0.3 is 4.74 Å². The number of esters is 1. The molecule has 206 valence electrons. The van der Waals surface area contributed by atoms with Crippen LogP contribution in [0.5, 0.6) is 5.75 Å². The summed E-state index contributed by atoms with van der Waals surface area (Å²) >= 11 is 7.63. The second-order valence-corrected chi connectivity index (χ2v) is 12.0. The molecule has 0 fully saturated rings. The van der Waals surface area contributed by atoms with E-state index in [-0.39, 0.29) is 4.90 Å². The van der Waals surface area contributed by atoms with E-state index < -0.39 is 21.9 Å². The summed E-state index contributed by atoms with van der Waals surface area (Å²) in [5.74, 6) is -0.679. The molecular weight excluding hydrogens is 582 g/mol. The summed E-state index contributed by atoms with van der Waals surface area (Å²) in [6, 6.07) is 26.5. The number of hydrazone groups is 1. The van der Waals surface area contributed by atoms with Crippen molar-refractivity contribution in [1.29, 1.82) is 0 Å².